The molecule has 2 N–H and O–H groups in total. The van der Waals surface area contributed by atoms with Gasteiger partial charge in [-0.2, -0.15) is 0 Å². The minimum absolute atomic E-state index is 0.339. The number of carbonyl (C=O) groups is 1. The lowest BCUT2D eigenvalue weighted by Crippen LogP contribution is -2.46. The first-order valence-electron chi connectivity index (χ1n) is 5.00. The summed E-state index contributed by atoms with van der Waals surface area (Å²) in [6.45, 7) is 3.06. The zero-order valence-electron chi connectivity index (χ0n) is 8.97. The Morgan fingerprint density at radius 2 is 1.93 bits per heavy atom. The van der Waals surface area contributed by atoms with Gasteiger partial charge in [0.15, 0.2) is 11.4 Å². The summed E-state index contributed by atoms with van der Waals surface area (Å²) >= 11 is 0. The third-order valence-electron chi connectivity index (χ3n) is 2.53. The summed E-state index contributed by atoms with van der Waals surface area (Å²) in [6, 6.07) is 8.49. The predicted molar refractivity (Wildman–Crippen MR) is 57.7 cm³/mol. The van der Waals surface area contributed by atoms with Crippen molar-refractivity contribution in [1.29, 1.82) is 0 Å². The maximum Gasteiger partial charge on any atom is 0.196 e. The van der Waals surface area contributed by atoms with Crippen molar-refractivity contribution < 1.29 is 15.0 Å². The monoisotopic (exact) mass is 208 g/mol. The van der Waals surface area contributed by atoms with Crippen molar-refractivity contribution in [2.24, 2.45) is 0 Å². The van der Waals surface area contributed by atoms with Crippen LogP contribution in [0.4, 0.5) is 0 Å². The lowest BCUT2D eigenvalue weighted by molar-refractivity contribution is -0.0404. The van der Waals surface area contributed by atoms with Crippen LogP contribution < -0.4 is 0 Å². The first-order chi connectivity index (χ1) is 7.00. The fourth-order valence-electron chi connectivity index (χ4n) is 1.43. The van der Waals surface area contributed by atoms with Gasteiger partial charge in [-0.05, 0) is 13.3 Å². The number of hydrogen-bond donors (Lipinski definition) is 2. The Morgan fingerprint density at radius 1 is 1.40 bits per heavy atom. The van der Waals surface area contributed by atoms with E-state index in [0.717, 1.165) is 0 Å². The molecule has 0 radical (unpaired) electrons. The fraction of sp³-hybridized carbons (Fsp3) is 0.417. The van der Waals surface area contributed by atoms with Crippen LogP contribution in [0.5, 0.6) is 0 Å². The lowest BCUT2D eigenvalue weighted by atomic mass is 9.88. The second-order valence-electron chi connectivity index (χ2n) is 3.77. The van der Waals surface area contributed by atoms with Gasteiger partial charge in [0.05, 0.1) is 6.10 Å². The Labute approximate surface area is 89.4 Å². The van der Waals surface area contributed by atoms with Gasteiger partial charge in [0.2, 0.25) is 0 Å². The third-order valence-corrected chi connectivity index (χ3v) is 2.53. The van der Waals surface area contributed by atoms with Crippen LogP contribution >= 0.6 is 0 Å². The molecule has 0 fully saturated rings. The Hall–Kier alpha value is -1.19. The van der Waals surface area contributed by atoms with E-state index in [-0.39, 0.29) is 0 Å². The van der Waals surface area contributed by atoms with Gasteiger partial charge in [-0.1, -0.05) is 37.3 Å². The van der Waals surface area contributed by atoms with Gasteiger partial charge in [-0.15, -0.1) is 0 Å². The Bertz CT molecular complexity index is 330. The number of rotatable bonds is 4. The van der Waals surface area contributed by atoms with E-state index in [2.05, 4.69) is 0 Å². The van der Waals surface area contributed by atoms with Gasteiger partial charge >= 0.3 is 0 Å². The number of benzene rings is 1. The number of ketones is 1. The van der Waals surface area contributed by atoms with E-state index in [1.165, 1.54) is 6.92 Å². The second-order valence-corrected chi connectivity index (χ2v) is 3.77. The molecule has 0 heterocycles. The highest BCUT2D eigenvalue weighted by Gasteiger charge is 2.37. The molecule has 1 rings (SSSR count). The van der Waals surface area contributed by atoms with Crippen LogP contribution in [0.2, 0.25) is 0 Å². The van der Waals surface area contributed by atoms with E-state index in [1.54, 1.807) is 37.3 Å². The van der Waals surface area contributed by atoms with E-state index < -0.39 is 17.5 Å². The fourth-order valence-corrected chi connectivity index (χ4v) is 1.43. The van der Waals surface area contributed by atoms with Crippen molar-refractivity contribution in [3.63, 3.8) is 0 Å². The average molecular weight is 208 g/mol. The minimum Gasteiger partial charge on any atom is -0.390 e. The molecule has 3 heteroatoms. The van der Waals surface area contributed by atoms with E-state index in [4.69, 9.17) is 0 Å². The molecule has 0 aliphatic heterocycles. The van der Waals surface area contributed by atoms with Gasteiger partial charge < -0.3 is 10.2 Å². The first-order valence-corrected chi connectivity index (χ1v) is 5.00. The molecule has 0 amide bonds. The molecule has 0 aliphatic rings. The average Bonchev–Trinajstić information content (AvgIpc) is 2.28. The molecule has 0 saturated heterocycles. The quantitative estimate of drug-likeness (QED) is 0.735. The summed E-state index contributed by atoms with van der Waals surface area (Å²) in [7, 11) is 0. The maximum atomic E-state index is 11.9. The van der Waals surface area contributed by atoms with Crippen molar-refractivity contribution in [1.82, 2.24) is 0 Å². The van der Waals surface area contributed by atoms with Gasteiger partial charge in [0, 0.05) is 5.56 Å². The summed E-state index contributed by atoms with van der Waals surface area (Å²) in [5.74, 6) is -0.447. The molecule has 3 nitrogen and oxygen atoms in total. The highest BCUT2D eigenvalue weighted by molar-refractivity contribution is 6.02. The van der Waals surface area contributed by atoms with Crippen molar-refractivity contribution in [3.05, 3.63) is 35.9 Å². The molecular formula is C12H16O3. The van der Waals surface area contributed by atoms with Crippen LogP contribution in [0.25, 0.3) is 0 Å². The predicted octanol–water partition coefficient (Wildman–Crippen LogP) is 1.39. The third kappa shape index (κ3) is 2.43. The van der Waals surface area contributed by atoms with E-state index in [0.29, 0.717) is 12.0 Å². The van der Waals surface area contributed by atoms with Crippen LogP contribution in [-0.4, -0.2) is 27.7 Å². The van der Waals surface area contributed by atoms with Gasteiger partial charge in [0.25, 0.3) is 0 Å². The zero-order chi connectivity index (χ0) is 11.5. The van der Waals surface area contributed by atoms with Crippen molar-refractivity contribution in [3.8, 4) is 0 Å². The summed E-state index contributed by atoms with van der Waals surface area (Å²) < 4.78 is 0. The second kappa shape index (κ2) is 4.55. The molecule has 2 unspecified atom stereocenters. The Kier molecular flexibility index (Phi) is 3.61. The molecule has 0 bridgehead atoms. The molecule has 0 aliphatic carbocycles. The SMILES string of the molecule is CCC(O)C(C)(O)C(=O)c1ccccc1. The van der Waals surface area contributed by atoms with Crippen molar-refractivity contribution in [2.45, 2.75) is 32.0 Å². The molecule has 0 aromatic heterocycles. The first kappa shape index (κ1) is 11.9. The summed E-state index contributed by atoms with van der Waals surface area (Å²) in [6.07, 6.45) is -0.698. The van der Waals surface area contributed by atoms with E-state index in [1.807, 2.05) is 0 Å². The molecule has 1 aromatic carbocycles. The number of Topliss-reactive ketones (excluding diaryl/α,β-unsaturated/α-hetero) is 1. The van der Waals surface area contributed by atoms with Gasteiger partial charge in [-0.3, -0.25) is 4.79 Å². The van der Waals surface area contributed by atoms with Crippen LogP contribution in [0, 0.1) is 0 Å². The molecule has 15 heavy (non-hydrogen) atoms. The topological polar surface area (TPSA) is 57.5 Å². The summed E-state index contributed by atoms with van der Waals surface area (Å²) in [4.78, 5) is 11.9. The van der Waals surface area contributed by atoms with Crippen molar-refractivity contribution >= 4 is 5.78 Å². The molecule has 0 saturated carbocycles. The maximum absolute atomic E-state index is 11.9. The molecule has 1 aromatic rings. The smallest absolute Gasteiger partial charge is 0.196 e. The van der Waals surface area contributed by atoms with Crippen LogP contribution in [0.3, 0.4) is 0 Å². The standard InChI is InChI=1S/C12H16O3/c1-3-10(13)12(2,15)11(14)9-7-5-4-6-8-9/h4-8,10,13,15H,3H2,1-2H3. The van der Waals surface area contributed by atoms with Gasteiger partial charge in [-0.25, -0.2) is 0 Å². The Balaban J connectivity index is 2.94. The lowest BCUT2D eigenvalue weighted by Gasteiger charge is -2.26. The number of aliphatic hydroxyl groups excluding tert-OH is 1. The molecule has 2 atom stereocenters. The molecule has 82 valence electrons. The number of carbonyl (C=O) groups excluding carboxylic acids is 1. The van der Waals surface area contributed by atoms with Crippen LogP contribution in [0.1, 0.15) is 30.6 Å². The normalized spacial score (nSPS) is 16.8. The number of hydrogen-bond acceptors (Lipinski definition) is 3. The molecule has 0 spiro atoms. The summed E-state index contributed by atoms with van der Waals surface area (Å²) in [5.41, 5.74) is -1.30. The highest BCUT2D eigenvalue weighted by Crippen LogP contribution is 2.19. The van der Waals surface area contributed by atoms with E-state index >= 15 is 0 Å². The van der Waals surface area contributed by atoms with Crippen LogP contribution in [0.15, 0.2) is 30.3 Å². The van der Waals surface area contributed by atoms with E-state index in [9.17, 15) is 15.0 Å². The highest BCUT2D eigenvalue weighted by atomic mass is 16.3. The largest absolute Gasteiger partial charge is 0.390 e. The Morgan fingerprint density at radius 3 is 2.40 bits per heavy atom. The van der Waals surface area contributed by atoms with Gasteiger partial charge in [0.1, 0.15) is 0 Å². The number of aliphatic hydroxyl groups is 2. The minimum atomic E-state index is -1.71. The van der Waals surface area contributed by atoms with Crippen LogP contribution in [-0.2, 0) is 0 Å². The summed E-state index contributed by atoms with van der Waals surface area (Å²) in [5, 5.41) is 19.5. The molecular weight excluding hydrogens is 192 g/mol. The zero-order valence-corrected chi connectivity index (χ0v) is 8.97. The van der Waals surface area contributed by atoms with Crippen molar-refractivity contribution in [2.75, 3.05) is 0 Å².